The van der Waals surface area contributed by atoms with Gasteiger partial charge in [0.25, 0.3) is 5.91 Å². The van der Waals surface area contributed by atoms with E-state index in [-0.39, 0.29) is 25.2 Å². The number of hydrogen-bond donors (Lipinski definition) is 2. The van der Waals surface area contributed by atoms with Gasteiger partial charge in [-0.05, 0) is 43.5 Å². The molecule has 0 bridgehead atoms. The molecule has 5 nitrogen and oxygen atoms in total. The Labute approximate surface area is 126 Å². The summed E-state index contributed by atoms with van der Waals surface area (Å²) in [6, 6.07) is 6.89. The van der Waals surface area contributed by atoms with E-state index in [2.05, 4.69) is 5.32 Å². The lowest BCUT2D eigenvalue weighted by Crippen LogP contribution is -2.40. The van der Waals surface area contributed by atoms with Gasteiger partial charge in [0, 0.05) is 0 Å². The van der Waals surface area contributed by atoms with Crippen molar-refractivity contribution in [3.8, 4) is 11.5 Å². The zero-order chi connectivity index (χ0) is 15.7. The third kappa shape index (κ3) is 6.99. The van der Waals surface area contributed by atoms with E-state index < -0.39 is 0 Å². The van der Waals surface area contributed by atoms with Crippen LogP contribution in [0.25, 0.3) is 0 Å². The minimum atomic E-state index is -0.233. The van der Waals surface area contributed by atoms with Crippen LogP contribution in [0.5, 0.6) is 11.5 Å². The topological polar surface area (TPSA) is 67.8 Å². The maximum Gasteiger partial charge on any atom is 0.258 e. The summed E-state index contributed by atoms with van der Waals surface area (Å²) in [5, 5.41) is 12.0. The highest BCUT2D eigenvalue weighted by atomic mass is 16.5. The molecular weight excluding hydrogens is 270 g/mol. The number of carbonyl (C=O) groups is 1. The maximum absolute atomic E-state index is 11.8. The molecule has 0 saturated heterocycles. The molecule has 1 amide bonds. The van der Waals surface area contributed by atoms with E-state index in [1.807, 2.05) is 20.8 Å². The number of amides is 1. The predicted octanol–water partition coefficient (Wildman–Crippen LogP) is 1.99. The number of rotatable bonds is 9. The van der Waals surface area contributed by atoms with Crippen LogP contribution in [-0.4, -0.2) is 36.9 Å². The first-order chi connectivity index (χ1) is 10.0. The van der Waals surface area contributed by atoms with Gasteiger partial charge in [-0.15, -0.1) is 0 Å². The summed E-state index contributed by atoms with van der Waals surface area (Å²) in [5.41, 5.74) is 0. The number of benzene rings is 1. The van der Waals surface area contributed by atoms with Crippen LogP contribution in [0.15, 0.2) is 24.3 Å². The molecule has 0 aliphatic heterocycles. The first-order valence-corrected chi connectivity index (χ1v) is 7.31. The van der Waals surface area contributed by atoms with Gasteiger partial charge in [-0.1, -0.05) is 13.8 Å². The molecule has 0 spiro atoms. The fourth-order valence-corrected chi connectivity index (χ4v) is 1.97. The van der Waals surface area contributed by atoms with Gasteiger partial charge in [-0.25, -0.2) is 0 Å². The molecule has 0 heterocycles. The Kier molecular flexibility index (Phi) is 7.61. The van der Waals surface area contributed by atoms with Crippen LogP contribution in [0.3, 0.4) is 0 Å². The number of ether oxygens (including phenoxy) is 2. The Hall–Kier alpha value is -1.75. The van der Waals surface area contributed by atoms with Crippen molar-refractivity contribution in [1.82, 2.24) is 5.32 Å². The van der Waals surface area contributed by atoms with Crippen LogP contribution < -0.4 is 14.8 Å². The predicted molar refractivity (Wildman–Crippen MR) is 81.6 cm³/mol. The zero-order valence-corrected chi connectivity index (χ0v) is 13.0. The van der Waals surface area contributed by atoms with E-state index in [9.17, 15) is 9.90 Å². The van der Waals surface area contributed by atoms with Gasteiger partial charge in [0.1, 0.15) is 11.5 Å². The molecule has 2 N–H and O–H groups in total. The van der Waals surface area contributed by atoms with Crippen molar-refractivity contribution in [3.05, 3.63) is 24.3 Å². The molecular formula is C16H25NO4. The molecule has 0 aliphatic rings. The first kappa shape index (κ1) is 17.3. The second kappa shape index (κ2) is 9.23. The van der Waals surface area contributed by atoms with Gasteiger partial charge in [0.15, 0.2) is 6.61 Å². The molecule has 1 aromatic rings. The molecule has 118 valence electrons. The average Bonchev–Trinajstić information content (AvgIpc) is 2.45. The van der Waals surface area contributed by atoms with Crippen LogP contribution in [0.1, 0.15) is 27.2 Å². The van der Waals surface area contributed by atoms with E-state index in [0.717, 1.165) is 12.2 Å². The van der Waals surface area contributed by atoms with E-state index >= 15 is 0 Å². The molecule has 1 atom stereocenters. The summed E-state index contributed by atoms with van der Waals surface area (Å²) in [6.45, 7) is 6.50. The normalized spacial score (nSPS) is 12.0. The second-order valence-electron chi connectivity index (χ2n) is 5.27. The number of nitrogens with one attached hydrogen (secondary N) is 1. The Morgan fingerprint density at radius 2 is 1.76 bits per heavy atom. The van der Waals surface area contributed by atoms with E-state index in [4.69, 9.17) is 9.47 Å². The molecule has 0 saturated carbocycles. The highest BCUT2D eigenvalue weighted by Crippen LogP contribution is 2.17. The van der Waals surface area contributed by atoms with Crippen LogP contribution in [0.2, 0.25) is 0 Å². The lowest BCUT2D eigenvalue weighted by Gasteiger charge is -2.18. The molecule has 1 aromatic carbocycles. The molecule has 0 aromatic heterocycles. The van der Waals surface area contributed by atoms with Crippen molar-refractivity contribution >= 4 is 5.91 Å². The number of aliphatic hydroxyl groups is 1. The SMILES string of the molecule is CCOc1ccc(OCC(=O)NC(CO)CC(C)C)cc1. The fourth-order valence-electron chi connectivity index (χ4n) is 1.97. The third-order valence-electron chi connectivity index (χ3n) is 2.85. The van der Waals surface area contributed by atoms with Gasteiger partial charge in [0.05, 0.1) is 19.3 Å². The molecule has 0 fully saturated rings. The van der Waals surface area contributed by atoms with Gasteiger partial charge >= 0.3 is 0 Å². The zero-order valence-electron chi connectivity index (χ0n) is 13.0. The summed E-state index contributed by atoms with van der Waals surface area (Å²) >= 11 is 0. The molecule has 21 heavy (non-hydrogen) atoms. The lowest BCUT2D eigenvalue weighted by molar-refractivity contribution is -0.124. The molecule has 0 aliphatic carbocycles. The highest BCUT2D eigenvalue weighted by Gasteiger charge is 2.13. The van der Waals surface area contributed by atoms with Crippen LogP contribution >= 0.6 is 0 Å². The quantitative estimate of drug-likeness (QED) is 0.731. The van der Waals surface area contributed by atoms with E-state index in [1.54, 1.807) is 24.3 Å². The van der Waals surface area contributed by atoms with Gasteiger partial charge in [-0.2, -0.15) is 0 Å². The Bertz CT molecular complexity index is 417. The van der Waals surface area contributed by atoms with E-state index in [1.165, 1.54) is 0 Å². The second-order valence-corrected chi connectivity index (χ2v) is 5.27. The van der Waals surface area contributed by atoms with Crippen molar-refractivity contribution in [1.29, 1.82) is 0 Å². The standard InChI is InChI=1S/C16H25NO4/c1-4-20-14-5-7-15(8-6-14)21-11-16(19)17-13(10-18)9-12(2)3/h5-8,12-13,18H,4,9-11H2,1-3H3,(H,17,19). The number of hydrogen-bond acceptors (Lipinski definition) is 4. The monoisotopic (exact) mass is 295 g/mol. The minimum absolute atomic E-state index is 0.0625. The van der Waals surface area contributed by atoms with Gasteiger partial charge < -0.3 is 19.9 Å². The molecule has 0 radical (unpaired) electrons. The van der Waals surface area contributed by atoms with Crippen molar-refractivity contribution in [2.75, 3.05) is 19.8 Å². The number of aliphatic hydroxyl groups excluding tert-OH is 1. The molecule has 5 heteroatoms. The molecule has 1 unspecified atom stereocenters. The summed E-state index contributed by atoms with van der Waals surface area (Å²) in [6.07, 6.45) is 0.741. The van der Waals surface area contributed by atoms with Gasteiger partial charge in [0.2, 0.25) is 0 Å². The van der Waals surface area contributed by atoms with Crippen LogP contribution in [-0.2, 0) is 4.79 Å². The Morgan fingerprint density at radius 3 is 2.24 bits per heavy atom. The average molecular weight is 295 g/mol. The largest absolute Gasteiger partial charge is 0.494 e. The van der Waals surface area contributed by atoms with Crippen molar-refractivity contribution in [3.63, 3.8) is 0 Å². The summed E-state index contributed by atoms with van der Waals surface area (Å²) in [7, 11) is 0. The Morgan fingerprint density at radius 1 is 1.19 bits per heavy atom. The Balaban J connectivity index is 2.38. The smallest absolute Gasteiger partial charge is 0.258 e. The van der Waals surface area contributed by atoms with Crippen molar-refractivity contribution in [2.24, 2.45) is 5.92 Å². The summed E-state index contributed by atoms with van der Waals surface area (Å²) < 4.78 is 10.7. The summed E-state index contributed by atoms with van der Waals surface area (Å²) in [5.74, 6) is 1.56. The maximum atomic E-state index is 11.8. The summed E-state index contributed by atoms with van der Waals surface area (Å²) in [4.78, 5) is 11.8. The van der Waals surface area contributed by atoms with Crippen molar-refractivity contribution < 1.29 is 19.4 Å². The fraction of sp³-hybridized carbons (Fsp3) is 0.562. The van der Waals surface area contributed by atoms with Crippen LogP contribution in [0, 0.1) is 5.92 Å². The minimum Gasteiger partial charge on any atom is -0.494 e. The lowest BCUT2D eigenvalue weighted by atomic mass is 10.0. The molecule has 1 rings (SSSR count). The first-order valence-electron chi connectivity index (χ1n) is 7.31. The van der Waals surface area contributed by atoms with Crippen LogP contribution in [0.4, 0.5) is 0 Å². The van der Waals surface area contributed by atoms with Gasteiger partial charge in [-0.3, -0.25) is 4.79 Å². The van der Waals surface area contributed by atoms with E-state index in [0.29, 0.717) is 18.3 Å². The number of carbonyl (C=O) groups excluding carboxylic acids is 1. The highest BCUT2D eigenvalue weighted by molar-refractivity contribution is 5.77. The third-order valence-corrected chi connectivity index (χ3v) is 2.85. The van der Waals surface area contributed by atoms with Crippen molar-refractivity contribution in [2.45, 2.75) is 33.2 Å².